The Bertz CT molecular complexity index is 3000. The molecule has 3 aliphatic rings. The summed E-state index contributed by atoms with van der Waals surface area (Å²) in [5, 5.41) is 9.63. The highest BCUT2D eigenvalue weighted by molar-refractivity contribution is 5.89. The third-order valence-electron chi connectivity index (χ3n) is 15.7. The Morgan fingerprint density at radius 3 is 1.90 bits per heavy atom. The van der Waals surface area contributed by atoms with Crippen molar-refractivity contribution in [2.75, 3.05) is 59.4 Å². The average molecular weight is 991 g/mol. The van der Waals surface area contributed by atoms with Gasteiger partial charge in [0.1, 0.15) is 6.04 Å². The highest BCUT2D eigenvalue weighted by Gasteiger charge is 2.36. The van der Waals surface area contributed by atoms with Crippen LogP contribution in [-0.4, -0.2) is 129 Å². The maximum atomic E-state index is 14.7. The van der Waals surface area contributed by atoms with Crippen molar-refractivity contribution in [1.29, 1.82) is 0 Å². The average Bonchev–Trinajstić information content (AvgIpc) is 3.83. The van der Waals surface area contributed by atoms with Gasteiger partial charge in [-0.2, -0.15) is 5.10 Å². The van der Waals surface area contributed by atoms with E-state index in [1.807, 2.05) is 149 Å². The number of ether oxygens (including phenoxy) is 2. The lowest BCUT2D eigenvalue weighted by Gasteiger charge is -2.43. The molecule has 1 unspecified atom stereocenters. The Balaban J connectivity index is 0.891. The largest absolute Gasteiger partial charge is 0.443 e. The van der Waals surface area contributed by atoms with Crippen molar-refractivity contribution in [3.8, 4) is 0 Å². The Kier molecular flexibility index (Phi) is 15.2. The monoisotopic (exact) mass is 991 g/mol. The first kappa shape index (κ1) is 51.1. The molecule has 73 heavy (non-hydrogen) atoms. The van der Waals surface area contributed by atoms with Crippen molar-refractivity contribution in [1.82, 2.24) is 39.3 Å². The van der Waals surface area contributed by atoms with Crippen molar-refractivity contribution in [2.24, 2.45) is 0 Å². The molecule has 384 valence electrons. The van der Waals surface area contributed by atoms with Gasteiger partial charge in [0.2, 0.25) is 5.91 Å². The third-order valence-corrected chi connectivity index (χ3v) is 15.7. The number of hydrogen-bond acceptors (Lipinski definition) is 10. The van der Waals surface area contributed by atoms with Crippen molar-refractivity contribution >= 4 is 45.7 Å². The summed E-state index contributed by atoms with van der Waals surface area (Å²) in [6.45, 7) is 14.7. The predicted octanol–water partition coefficient (Wildman–Crippen LogP) is 7.36. The van der Waals surface area contributed by atoms with Gasteiger partial charge >= 0.3 is 18.0 Å². The molecule has 4 aromatic carbocycles. The number of likely N-dealkylation sites (tertiary alicyclic amines) is 2. The van der Waals surface area contributed by atoms with Crippen LogP contribution in [0.2, 0.25) is 0 Å². The van der Waals surface area contributed by atoms with Crippen LogP contribution in [0.15, 0.2) is 114 Å². The molecule has 0 radical (unpaired) electrons. The van der Waals surface area contributed by atoms with E-state index in [4.69, 9.17) is 14.6 Å². The van der Waals surface area contributed by atoms with Crippen LogP contribution in [0.5, 0.6) is 0 Å². The van der Waals surface area contributed by atoms with Crippen LogP contribution in [0.4, 0.5) is 4.79 Å². The van der Waals surface area contributed by atoms with Crippen molar-refractivity contribution in [3.63, 3.8) is 0 Å². The third kappa shape index (κ3) is 11.2. The number of esters is 2. The lowest BCUT2D eigenvalue weighted by molar-refractivity contribution is -0.154. The number of aryl methyl sites for hydroxylation is 1. The molecule has 15 heteroatoms. The number of fused-ring (bicyclic) bond motifs is 2. The van der Waals surface area contributed by atoms with Gasteiger partial charge in [-0.15, -0.1) is 0 Å². The van der Waals surface area contributed by atoms with E-state index in [0.717, 1.165) is 77.6 Å². The minimum absolute atomic E-state index is 0.0595. The smallest absolute Gasteiger partial charge is 0.318 e. The zero-order valence-electron chi connectivity index (χ0n) is 43.2. The molecule has 3 fully saturated rings. The van der Waals surface area contributed by atoms with Crippen molar-refractivity contribution in [2.45, 2.75) is 109 Å². The summed E-state index contributed by atoms with van der Waals surface area (Å²) in [6, 6.07) is 31.9. The molecule has 2 aromatic heterocycles. The number of aromatic nitrogens is 3. The molecule has 1 atom stereocenters. The summed E-state index contributed by atoms with van der Waals surface area (Å²) < 4.78 is 14.8. The summed E-state index contributed by atoms with van der Waals surface area (Å²) in [5.74, 6) is -1.05. The van der Waals surface area contributed by atoms with Gasteiger partial charge in [0.25, 0.3) is 5.56 Å². The fourth-order valence-electron chi connectivity index (χ4n) is 10.9. The highest BCUT2D eigenvalue weighted by atomic mass is 16.5. The lowest BCUT2D eigenvalue weighted by atomic mass is 9.85. The van der Waals surface area contributed by atoms with Gasteiger partial charge in [-0.05, 0) is 132 Å². The number of piperidine rings is 2. The Morgan fingerprint density at radius 2 is 1.27 bits per heavy atom. The summed E-state index contributed by atoms with van der Waals surface area (Å²) >= 11 is 0. The van der Waals surface area contributed by atoms with E-state index in [-0.39, 0.29) is 49.3 Å². The number of rotatable bonds is 14. The second-order valence-corrected chi connectivity index (χ2v) is 21.4. The normalized spacial score (nSPS) is 17.2. The van der Waals surface area contributed by atoms with E-state index < -0.39 is 22.8 Å². The molecule has 3 amide bonds. The second kappa shape index (κ2) is 21.7. The van der Waals surface area contributed by atoms with Crippen LogP contribution in [0.1, 0.15) is 87.1 Å². The van der Waals surface area contributed by atoms with E-state index in [0.29, 0.717) is 56.1 Å². The topological polar surface area (TPSA) is 152 Å². The number of benzene rings is 4. The molecule has 6 aromatic rings. The van der Waals surface area contributed by atoms with Crippen molar-refractivity contribution < 1.29 is 28.7 Å². The quantitative estimate of drug-likeness (QED) is 0.110. The SMILES string of the molecule is Cc1cc(CC(NC(=O)N2CCC(c3cc4ccccc4n(COC(=O)C(C)(C)c4ccccc4)c3=O)CC2)C(=O)N2CCN(C3CCN(C)CC3)CC2)cc2cn(COC(=O)C(C)(C)c3ccccc3)nc12. The van der Waals surface area contributed by atoms with Gasteiger partial charge in [0, 0.05) is 68.9 Å². The fraction of sp³-hybridized carbons (Fsp3) is 0.448. The Hall–Kier alpha value is -6.84. The van der Waals surface area contributed by atoms with Crippen LogP contribution in [0.25, 0.3) is 21.8 Å². The number of para-hydroxylation sites is 1. The number of nitrogens with zero attached hydrogens (tertiary/aromatic N) is 7. The first-order valence-electron chi connectivity index (χ1n) is 25.9. The Labute approximate surface area is 428 Å². The van der Waals surface area contributed by atoms with E-state index in [2.05, 4.69) is 22.2 Å². The van der Waals surface area contributed by atoms with E-state index in [1.165, 1.54) is 0 Å². The molecular formula is C58H70N8O7. The number of carbonyl (C=O) groups is 4. The molecule has 9 rings (SSSR count). The number of amides is 3. The maximum Gasteiger partial charge on any atom is 0.318 e. The molecule has 0 spiro atoms. The molecule has 0 saturated carbocycles. The number of piperazine rings is 1. The Morgan fingerprint density at radius 1 is 0.685 bits per heavy atom. The zero-order chi connectivity index (χ0) is 51.4. The molecule has 0 aliphatic carbocycles. The number of nitrogens with one attached hydrogen (secondary N) is 1. The van der Waals surface area contributed by atoms with Gasteiger partial charge in [0.05, 0.1) is 21.9 Å². The van der Waals surface area contributed by atoms with Gasteiger partial charge in [-0.3, -0.25) is 28.6 Å². The van der Waals surface area contributed by atoms with Gasteiger partial charge in [0.15, 0.2) is 13.5 Å². The van der Waals surface area contributed by atoms with Crippen LogP contribution in [0, 0.1) is 6.92 Å². The zero-order valence-corrected chi connectivity index (χ0v) is 43.2. The predicted molar refractivity (Wildman–Crippen MR) is 282 cm³/mol. The summed E-state index contributed by atoms with van der Waals surface area (Å²) in [5.41, 5.74) is 3.50. The van der Waals surface area contributed by atoms with Crippen LogP contribution in [0.3, 0.4) is 0 Å². The number of hydrogen-bond donors (Lipinski definition) is 1. The van der Waals surface area contributed by atoms with E-state index in [9.17, 15) is 24.0 Å². The summed E-state index contributed by atoms with van der Waals surface area (Å²) in [7, 11) is 2.17. The van der Waals surface area contributed by atoms with Gasteiger partial charge in [-0.25, -0.2) is 9.48 Å². The van der Waals surface area contributed by atoms with Crippen LogP contribution >= 0.6 is 0 Å². The number of urea groups is 1. The van der Waals surface area contributed by atoms with Crippen LogP contribution < -0.4 is 10.9 Å². The first-order valence-corrected chi connectivity index (χ1v) is 25.9. The molecular weight excluding hydrogens is 921 g/mol. The second-order valence-electron chi connectivity index (χ2n) is 21.4. The number of pyridine rings is 1. The minimum atomic E-state index is -0.923. The molecule has 0 bridgehead atoms. The van der Waals surface area contributed by atoms with Crippen molar-refractivity contribution in [3.05, 3.63) is 147 Å². The van der Waals surface area contributed by atoms with Gasteiger partial charge < -0.3 is 29.5 Å². The summed E-state index contributed by atoms with van der Waals surface area (Å²) in [4.78, 5) is 78.8. The fourth-order valence-corrected chi connectivity index (χ4v) is 10.9. The summed E-state index contributed by atoms with van der Waals surface area (Å²) in [6.07, 6.45) is 5.43. The van der Waals surface area contributed by atoms with Crippen LogP contribution in [-0.2, 0) is 54.6 Å². The minimum Gasteiger partial charge on any atom is -0.443 e. The highest BCUT2D eigenvalue weighted by Crippen LogP contribution is 2.31. The molecule has 3 aliphatic heterocycles. The molecule has 15 nitrogen and oxygen atoms in total. The standard InChI is InChI=1S/C58H70N8O7/c1-40-33-41(34-44-37-65(60-51(40)44)38-72-54(69)57(2,3)45-16-9-7-10-17-45)35-49(53(68)63-31-29-62(30-32-63)47-23-25-61(6)26-24-47)59-56(71)64-27-21-42(22-28-64)48-36-43-15-13-14-20-50(43)66(52(48)67)39-73-55(70)58(4,5)46-18-11-8-12-19-46/h7-20,33-34,36-37,42,47,49H,21-32,35,38-39H2,1-6H3,(H,59,71). The molecule has 1 N–H and O–H groups in total. The maximum absolute atomic E-state index is 14.7. The lowest BCUT2D eigenvalue weighted by Crippen LogP contribution is -2.59. The first-order chi connectivity index (χ1) is 35.1. The molecule has 5 heterocycles. The van der Waals surface area contributed by atoms with E-state index >= 15 is 0 Å². The number of carbonyl (C=O) groups excluding carboxylic acids is 4. The molecule has 3 saturated heterocycles. The van der Waals surface area contributed by atoms with Gasteiger partial charge in [-0.1, -0.05) is 84.9 Å². The van der Waals surface area contributed by atoms with E-state index in [1.54, 1.807) is 14.1 Å².